The number of nitrogens with two attached hydrogens (primary N) is 1. The van der Waals surface area contributed by atoms with Crippen molar-refractivity contribution in [2.75, 3.05) is 7.11 Å². The fourth-order valence-electron chi connectivity index (χ4n) is 1.99. The minimum absolute atomic E-state index is 0.260. The third-order valence-electron chi connectivity index (χ3n) is 2.93. The number of ether oxygens (including phenoxy) is 1. The second-order valence-electron chi connectivity index (χ2n) is 4.07. The standard InChI is InChI=1S/C11H14BrNO2/c1-15-10-4-7(2-3-9(10)12)11(13)5-8(14)6-11/h2-4,8,14H,5-6,13H2,1H3. The van der Waals surface area contributed by atoms with Gasteiger partial charge in [-0.2, -0.15) is 0 Å². The maximum Gasteiger partial charge on any atom is 0.133 e. The normalized spacial score (nSPS) is 29.7. The topological polar surface area (TPSA) is 55.5 Å². The molecule has 0 saturated heterocycles. The van der Waals surface area contributed by atoms with Gasteiger partial charge >= 0.3 is 0 Å². The molecule has 0 bridgehead atoms. The lowest BCUT2D eigenvalue weighted by atomic mass is 9.70. The highest BCUT2D eigenvalue weighted by atomic mass is 79.9. The summed E-state index contributed by atoms with van der Waals surface area (Å²) in [6, 6.07) is 5.82. The van der Waals surface area contributed by atoms with E-state index >= 15 is 0 Å². The van der Waals surface area contributed by atoms with Crippen molar-refractivity contribution in [2.45, 2.75) is 24.5 Å². The fourth-order valence-corrected chi connectivity index (χ4v) is 2.39. The lowest BCUT2D eigenvalue weighted by Crippen LogP contribution is -2.51. The van der Waals surface area contributed by atoms with Crippen molar-refractivity contribution in [2.24, 2.45) is 5.73 Å². The summed E-state index contributed by atoms with van der Waals surface area (Å²) < 4.78 is 6.13. The first kappa shape index (κ1) is 10.9. The molecule has 1 fully saturated rings. The smallest absolute Gasteiger partial charge is 0.133 e. The maximum atomic E-state index is 9.31. The lowest BCUT2D eigenvalue weighted by molar-refractivity contribution is 0.0208. The molecule has 0 radical (unpaired) electrons. The summed E-state index contributed by atoms with van der Waals surface area (Å²) in [7, 11) is 1.63. The molecule has 0 amide bonds. The molecule has 4 heteroatoms. The maximum absolute atomic E-state index is 9.31. The van der Waals surface area contributed by atoms with Gasteiger partial charge in [0.1, 0.15) is 5.75 Å². The van der Waals surface area contributed by atoms with Crippen molar-refractivity contribution in [3.63, 3.8) is 0 Å². The minimum Gasteiger partial charge on any atom is -0.496 e. The molecule has 0 spiro atoms. The van der Waals surface area contributed by atoms with E-state index in [-0.39, 0.29) is 11.6 Å². The van der Waals surface area contributed by atoms with Crippen LogP contribution in [0.15, 0.2) is 22.7 Å². The molecule has 3 N–H and O–H groups in total. The number of benzene rings is 1. The van der Waals surface area contributed by atoms with E-state index < -0.39 is 0 Å². The third kappa shape index (κ3) is 1.89. The Bertz CT molecular complexity index is 375. The molecular weight excluding hydrogens is 258 g/mol. The second kappa shape index (κ2) is 3.77. The third-order valence-corrected chi connectivity index (χ3v) is 3.58. The zero-order valence-corrected chi connectivity index (χ0v) is 10.1. The highest BCUT2D eigenvalue weighted by Crippen LogP contribution is 2.41. The van der Waals surface area contributed by atoms with E-state index in [4.69, 9.17) is 10.5 Å². The largest absolute Gasteiger partial charge is 0.496 e. The van der Waals surface area contributed by atoms with Crippen LogP contribution >= 0.6 is 15.9 Å². The summed E-state index contributed by atoms with van der Waals surface area (Å²) in [5.41, 5.74) is 6.80. The van der Waals surface area contributed by atoms with E-state index in [1.54, 1.807) is 7.11 Å². The zero-order chi connectivity index (χ0) is 11.1. The number of methoxy groups -OCH3 is 1. The molecule has 2 rings (SSSR count). The monoisotopic (exact) mass is 271 g/mol. The van der Waals surface area contributed by atoms with Crippen LogP contribution in [0.2, 0.25) is 0 Å². The molecular formula is C11H14BrNO2. The summed E-state index contributed by atoms with van der Waals surface area (Å²) in [6.07, 6.45) is 0.986. The van der Waals surface area contributed by atoms with Crippen LogP contribution in [0.25, 0.3) is 0 Å². The Morgan fingerprint density at radius 3 is 2.73 bits per heavy atom. The van der Waals surface area contributed by atoms with Crippen molar-refractivity contribution in [1.82, 2.24) is 0 Å². The molecule has 1 aromatic carbocycles. The Hall–Kier alpha value is -0.580. The van der Waals surface area contributed by atoms with Crippen LogP contribution in [-0.2, 0) is 5.54 Å². The van der Waals surface area contributed by atoms with Crippen molar-refractivity contribution in [3.05, 3.63) is 28.2 Å². The Balaban J connectivity index is 2.30. The van der Waals surface area contributed by atoms with Gasteiger partial charge in [0.05, 0.1) is 17.7 Å². The minimum atomic E-state index is -0.382. The first-order valence-corrected chi connectivity index (χ1v) is 5.65. The van der Waals surface area contributed by atoms with Gasteiger partial charge in [0, 0.05) is 5.54 Å². The molecule has 0 unspecified atom stereocenters. The van der Waals surface area contributed by atoms with E-state index in [0.717, 1.165) is 15.8 Å². The van der Waals surface area contributed by atoms with E-state index in [1.165, 1.54) is 0 Å². The van der Waals surface area contributed by atoms with E-state index in [2.05, 4.69) is 15.9 Å². The fraction of sp³-hybridized carbons (Fsp3) is 0.455. The Labute approximate surface area is 97.4 Å². The summed E-state index contributed by atoms with van der Waals surface area (Å²) >= 11 is 3.39. The second-order valence-corrected chi connectivity index (χ2v) is 4.92. The average Bonchev–Trinajstić information content (AvgIpc) is 2.16. The molecule has 82 valence electrons. The van der Waals surface area contributed by atoms with Gasteiger partial charge in [-0.15, -0.1) is 0 Å². The molecule has 1 saturated carbocycles. The van der Waals surface area contributed by atoms with Gasteiger partial charge < -0.3 is 15.6 Å². The van der Waals surface area contributed by atoms with E-state index in [9.17, 15) is 5.11 Å². The van der Waals surface area contributed by atoms with Crippen LogP contribution in [0.4, 0.5) is 0 Å². The van der Waals surface area contributed by atoms with Gasteiger partial charge in [0.2, 0.25) is 0 Å². The van der Waals surface area contributed by atoms with Crippen LogP contribution < -0.4 is 10.5 Å². The van der Waals surface area contributed by atoms with Gasteiger partial charge in [-0.05, 0) is 46.5 Å². The number of rotatable bonds is 2. The number of aliphatic hydroxyl groups excluding tert-OH is 1. The lowest BCUT2D eigenvalue weighted by Gasteiger charge is -2.42. The van der Waals surface area contributed by atoms with Gasteiger partial charge in [-0.3, -0.25) is 0 Å². The SMILES string of the molecule is COc1cc(C2(N)CC(O)C2)ccc1Br. The molecule has 1 aliphatic carbocycles. The van der Waals surface area contributed by atoms with Crippen LogP contribution in [0.1, 0.15) is 18.4 Å². The zero-order valence-electron chi connectivity index (χ0n) is 8.53. The Morgan fingerprint density at radius 2 is 2.20 bits per heavy atom. The van der Waals surface area contributed by atoms with Gasteiger partial charge in [0.25, 0.3) is 0 Å². The number of aliphatic hydroxyl groups is 1. The van der Waals surface area contributed by atoms with Crippen LogP contribution in [0, 0.1) is 0 Å². The number of halogens is 1. The summed E-state index contributed by atoms with van der Waals surface area (Å²) in [5, 5.41) is 9.31. The van der Waals surface area contributed by atoms with Crippen molar-refractivity contribution >= 4 is 15.9 Å². The van der Waals surface area contributed by atoms with Crippen LogP contribution in [0.5, 0.6) is 5.75 Å². The molecule has 0 aliphatic heterocycles. The number of hydrogen-bond acceptors (Lipinski definition) is 3. The first-order valence-electron chi connectivity index (χ1n) is 4.86. The van der Waals surface area contributed by atoms with E-state index in [1.807, 2.05) is 18.2 Å². The summed E-state index contributed by atoms with van der Waals surface area (Å²) in [5.74, 6) is 0.777. The quantitative estimate of drug-likeness (QED) is 0.862. The van der Waals surface area contributed by atoms with Crippen LogP contribution in [0.3, 0.4) is 0 Å². The van der Waals surface area contributed by atoms with Crippen LogP contribution in [-0.4, -0.2) is 18.3 Å². The Morgan fingerprint density at radius 1 is 1.53 bits per heavy atom. The van der Waals surface area contributed by atoms with E-state index in [0.29, 0.717) is 12.8 Å². The molecule has 1 aliphatic rings. The molecule has 0 atom stereocenters. The van der Waals surface area contributed by atoms with Crippen molar-refractivity contribution in [1.29, 1.82) is 0 Å². The van der Waals surface area contributed by atoms with Gasteiger partial charge in [-0.1, -0.05) is 6.07 Å². The molecule has 0 aromatic heterocycles. The van der Waals surface area contributed by atoms with Crippen molar-refractivity contribution < 1.29 is 9.84 Å². The summed E-state index contributed by atoms with van der Waals surface area (Å²) in [4.78, 5) is 0. The van der Waals surface area contributed by atoms with Gasteiger partial charge in [0.15, 0.2) is 0 Å². The van der Waals surface area contributed by atoms with Crippen molar-refractivity contribution in [3.8, 4) is 5.75 Å². The first-order chi connectivity index (χ1) is 7.05. The molecule has 0 heterocycles. The highest BCUT2D eigenvalue weighted by Gasteiger charge is 2.41. The Kier molecular flexibility index (Phi) is 2.75. The molecule has 15 heavy (non-hydrogen) atoms. The molecule has 1 aromatic rings. The number of hydrogen-bond donors (Lipinski definition) is 2. The van der Waals surface area contributed by atoms with Gasteiger partial charge in [-0.25, -0.2) is 0 Å². The highest BCUT2D eigenvalue weighted by molar-refractivity contribution is 9.10. The predicted molar refractivity (Wildman–Crippen MR) is 61.8 cm³/mol. The average molecular weight is 272 g/mol. The molecule has 3 nitrogen and oxygen atoms in total. The predicted octanol–water partition coefficient (Wildman–Crippen LogP) is 1.77. The summed E-state index contributed by atoms with van der Waals surface area (Å²) in [6.45, 7) is 0.